The summed E-state index contributed by atoms with van der Waals surface area (Å²) < 4.78 is 5.70. The van der Waals surface area contributed by atoms with E-state index in [9.17, 15) is 4.79 Å². The molecule has 2 unspecified atom stereocenters. The maximum atomic E-state index is 13.7. The van der Waals surface area contributed by atoms with E-state index in [1.54, 1.807) is 0 Å². The van der Waals surface area contributed by atoms with E-state index < -0.39 is 0 Å². The molecule has 2 bridgehead atoms. The summed E-state index contributed by atoms with van der Waals surface area (Å²) in [6, 6.07) is 42.1. The van der Waals surface area contributed by atoms with Crippen LogP contribution < -0.4 is 0 Å². The molecule has 3 aliphatic rings. The van der Waals surface area contributed by atoms with Crippen molar-refractivity contribution in [3.8, 4) is 11.3 Å². The molecule has 2 atom stereocenters. The van der Waals surface area contributed by atoms with Crippen molar-refractivity contribution in [3.05, 3.63) is 143 Å². The first kappa shape index (κ1) is 25.9. The minimum atomic E-state index is -0.263. The highest BCUT2D eigenvalue weighted by Crippen LogP contribution is 2.60. The number of esters is 1. The van der Waals surface area contributed by atoms with Gasteiger partial charge in [-0.05, 0) is 120 Å². The van der Waals surface area contributed by atoms with E-state index in [0.717, 1.165) is 29.7 Å². The Morgan fingerprint density at radius 3 is 1.98 bits per heavy atom. The number of rotatable bonds is 3. The molecule has 0 amide bonds. The summed E-state index contributed by atoms with van der Waals surface area (Å²) in [5.41, 5.74) is 8.02. The highest BCUT2D eigenvalue weighted by Gasteiger charge is 2.45. The molecule has 0 saturated carbocycles. The lowest BCUT2D eigenvalue weighted by Crippen LogP contribution is -2.26. The third-order valence-corrected chi connectivity index (χ3v) is 10.7. The summed E-state index contributed by atoms with van der Waals surface area (Å²) in [6.07, 6.45) is 2.06. The zero-order valence-corrected chi connectivity index (χ0v) is 25.6. The number of H-pyrrole nitrogens is 1. The van der Waals surface area contributed by atoms with Gasteiger partial charge in [0.1, 0.15) is 5.69 Å². The molecule has 0 aliphatic heterocycles. The maximum Gasteiger partial charge on any atom is 0.355 e. The Bertz CT molecular complexity index is 2590. The van der Waals surface area contributed by atoms with Gasteiger partial charge >= 0.3 is 5.97 Å². The van der Waals surface area contributed by atoms with Crippen molar-refractivity contribution >= 4 is 59.8 Å². The van der Waals surface area contributed by atoms with Crippen molar-refractivity contribution in [3.63, 3.8) is 0 Å². The van der Waals surface area contributed by atoms with E-state index in [0.29, 0.717) is 12.3 Å². The Labute approximate surface area is 266 Å². The van der Waals surface area contributed by atoms with Crippen LogP contribution in [0.4, 0.5) is 0 Å². The normalized spacial score (nSPS) is 16.8. The van der Waals surface area contributed by atoms with Gasteiger partial charge in [-0.25, -0.2) is 4.79 Å². The number of nitrogens with one attached hydrogen (secondary N) is 1. The molecule has 3 heteroatoms. The minimum absolute atomic E-state index is 0.0967. The van der Waals surface area contributed by atoms with Crippen molar-refractivity contribution in [2.75, 3.05) is 6.61 Å². The lowest BCUT2D eigenvalue weighted by Gasteiger charge is -2.41. The second kappa shape index (κ2) is 9.55. The van der Waals surface area contributed by atoms with Crippen LogP contribution >= 0.6 is 0 Å². The number of aromatic nitrogens is 1. The largest absolute Gasteiger partial charge is 0.461 e. The molecule has 11 rings (SSSR count). The van der Waals surface area contributed by atoms with Crippen LogP contribution in [0, 0.1) is 0 Å². The fraction of sp³-hybridized carbons (Fsp3) is 0.140. The highest BCUT2D eigenvalue weighted by molar-refractivity contribution is 6.24. The van der Waals surface area contributed by atoms with Gasteiger partial charge in [0.15, 0.2) is 0 Å². The van der Waals surface area contributed by atoms with Crippen molar-refractivity contribution in [1.29, 1.82) is 0 Å². The molecule has 3 aliphatic carbocycles. The van der Waals surface area contributed by atoms with Gasteiger partial charge in [-0.2, -0.15) is 0 Å². The van der Waals surface area contributed by atoms with Gasteiger partial charge in [0, 0.05) is 11.8 Å². The first-order chi connectivity index (χ1) is 22.7. The predicted molar refractivity (Wildman–Crippen MR) is 189 cm³/mol. The third-order valence-electron chi connectivity index (χ3n) is 10.7. The first-order valence-electron chi connectivity index (χ1n) is 16.4. The molecule has 220 valence electrons. The summed E-state index contributed by atoms with van der Waals surface area (Å²) in [4.78, 5) is 17.4. The van der Waals surface area contributed by atoms with Crippen molar-refractivity contribution in [1.82, 2.24) is 4.98 Å². The van der Waals surface area contributed by atoms with Crippen LogP contribution in [0.5, 0.6) is 0 Å². The standard InChI is InChI=1S/C43H31NO2/c1-2-46-43(45)42-40-33-20-19-32(39(40)41(44-42)29-16-15-24-9-3-4-11-26(24)21-29)37-31-18-17-25-10-7-8-14-30(25)36(31)34-22-27-12-5-6-13-28(27)23-35(34)38(33)37/h3-18,21-23,32-33,44H,2,19-20H2,1H3. The molecule has 8 aromatic rings. The Hall–Kier alpha value is -5.41. The second-order valence-corrected chi connectivity index (χ2v) is 12.9. The number of hydrogen-bond acceptors (Lipinski definition) is 2. The maximum absolute atomic E-state index is 13.7. The number of hydrogen-bond donors (Lipinski definition) is 1. The SMILES string of the molecule is CCOC(=O)c1[nH]c(-c2ccc3ccccc3c2)c2c1C1CCC2c2c1c1cc3ccccc3cc1c1c2ccc2ccccc21. The Morgan fingerprint density at radius 1 is 0.609 bits per heavy atom. The van der Waals surface area contributed by atoms with Crippen LogP contribution in [0.1, 0.15) is 64.3 Å². The second-order valence-electron chi connectivity index (χ2n) is 12.9. The molecule has 3 nitrogen and oxygen atoms in total. The fourth-order valence-corrected chi connectivity index (χ4v) is 8.89. The van der Waals surface area contributed by atoms with Gasteiger partial charge in [-0.3, -0.25) is 0 Å². The minimum Gasteiger partial charge on any atom is -0.461 e. The molecule has 7 aromatic carbocycles. The van der Waals surface area contributed by atoms with Crippen LogP contribution in [-0.2, 0) is 4.74 Å². The van der Waals surface area contributed by atoms with E-state index in [2.05, 4.69) is 120 Å². The molecule has 1 heterocycles. The summed E-state index contributed by atoms with van der Waals surface area (Å²) in [5.74, 6) is -0.00347. The van der Waals surface area contributed by atoms with Gasteiger partial charge < -0.3 is 9.72 Å². The molecule has 0 fully saturated rings. The third kappa shape index (κ3) is 3.46. The lowest BCUT2D eigenvalue weighted by atomic mass is 9.61. The molecule has 0 saturated heterocycles. The number of benzene rings is 7. The summed E-state index contributed by atoms with van der Waals surface area (Å²) in [7, 11) is 0. The highest BCUT2D eigenvalue weighted by atomic mass is 16.5. The van der Waals surface area contributed by atoms with E-state index in [-0.39, 0.29) is 17.8 Å². The quantitative estimate of drug-likeness (QED) is 0.126. The molecule has 46 heavy (non-hydrogen) atoms. The van der Waals surface area contributed by atoms with Crippen LogP contribution in [-0.4, -0.2) is 17.6 Å². The molecule has 0 radical (unpaired) electrons. The van der Waals surface area contributed by atoms with Gasteiger partial charge in [0.05, 0.1) is 12.3 Å². The Balaban J connectivity index is 1.34. The fourth-order valence-electron chi connectivity index (χ4n) is 8.89. The number of carbonyl (C=O) groups is 1. The lowest BCUT2D eigenvalue weighted by molar-refractivity contribution is 0.0518. The Kier molecular flexibility index (Phi) is 5.37. The van der Waals surface area contributed by atoms with E-state index in [1.165, 1.54) is 70.6 Å². The number of aromatic amines is 1. The monoisotopic (exact) mass is 593 g/mol. The van der Waals surface area contributed by atoms with Gasteiger partial charge in [-0.1, -0.05) is 97.1 Å². The molecule has 0 spiro atoms. The zero-order chi connectivity index (χ0) is 30.5. The van der Waals surface area contributed by atoms with Gasteiger partial charge in [0.2, 0.25) is 0 Å². The first-order valence-corrected chi connectivity index (χ1v) is 16.4. The van der Waals surface area contributed by atoms with Crippen LogP contribution in [0.3, 0.4) is 0 Å². The van der Waals surface area contributed by atoms with Crippen molar-refractivity contribution < 1.29 is 9.53 Å². The molecule has 1 N–H and O–H groups in total. The van der Waals surface area contributed by atoms with E-state index in [4.69, 9.17) is 4.74 Å². The summed E-state index contributed by atoms with van der Waals surface area (Å²) in [5, 5.41) is 12.7. The zero-order valence-electron chi connectivity index (χ0n) is 25.6. The Morgan fingerprint density at radius 2 is 1.22 bits per heavy atom. The van der Waals surface area contributed by atoms with Gasteiger partial charge in [0.25, 0.3) is 0 Å². The van der Waals surface area contributed by atoms with E-state index in [1.807, 2.05) is 6.92 Å². The average Bonchev–Trinajstić information content (AvgIpc) is 3.53. The van der Waals surface area contributed by atoms with Crippen LogP contribution in [0.2, 0.25) is 0 Å². The van der Waals surface area contributed by atoms with Crippen LogP contribution in [0.25, 0.3) is 65.1 Å². The predicted octanol–water partition coefficient (Wildman–Crippen LogP) is 11.0. The van der Waals surface area contributed by atoms with Crippen LogP contribution in [0.15, 0.2) is 115 Å². The molecule has 1 aromatic heterocycles. The number of carbonyl (C=O) groups excluding carboxylic acids is 1. The van der Waals surface area contributed by atoms with Crippen molar-refractivity contribution in [2.45, 2.75) is 31.6 Å². The molecular weight excluding hydrogens is 562 g/mol. The summed E-state index contributed by atoms with van der Waals surface area (Å²) in [6.45, 7) is 2.23. The summed E-state index contributed by atoms with van der Waals surface area (Å²) >= 11 is 0. The number of fused-ring (bicyclic) bond motifs is 8. The van der Waals surface area contributed by atoms with Gasteiger partial charge in [-0.15, -0.1) is 0 Å². The topological polar surface area (TPSA) is 42.1 Å². The number of ether oxygens (including phenoxy) is 1. The average molecular weight is 594 g/mol. The smallest absolute Gasteiger partial charge is 0.355 e. The van der Waals surface area contributed by atoms with E-state index >= 15 is 0 Å². The van der Waals surface area contributed by atoms with Crippen molar-refractivity contribution in [2.24, 2.45) is 0 Å². The molecular formula is C43H31NO2.